The Morgan fingerprint density at radius 2 is 1.91 bits per heavy atom. The third kappa shape index (κ3) is 3.62. The predicted octanol–water partition coefficient (Wildman–Crippen LogP) is 3.57. The fourth-order valence-corrected chi connectivity index (χ4v) is 5.93. The zero-order chi connectivity index (χ0) is 22.5. The molecule has 1 N–H and O–H groups in total. The molecule has 1 atom stereocenters. The maximum absolute atomic E-state index is 14.4. The molecule has 1 saturated heterocycles. The smallest absolute Gasteiger partial charge is 0.268 e. The second-order valence-corrected chi connectivity index (χ2v) is 10.3. The Morgan fingerprint density at radius 3 is 2.66 bits per heavy atom. The second-order valence-electron chi connectivity index (χ2n) is 8.32. The first-order chi connectivity index (χ1) is 15.3. The summed E-state index contributed by atoms with van der Waals surface area (Å²) in [5.41, 5.74) is 1.59. The van der Waals surface area contributed by atoms with Crippen LogP contribution in [0.3, 0.4) is 0 Å². The molecule has 1 aromatic carbocycles. The summed E-state index contributed by atoms with van der Waals surface area (Å²) >= 11 is 0. The van der Waals surface area contributed by atoms with Crippen molar-refractivity contribution < 1.29 is 22.0 Å². The highest BCUT2D eigenvalue weighted by atomic mass is 32.2. The van der Waals surface area contributed by atoms with Crippen molar-refractivity contribution in [1.29, 1.82) is 0 Å². The Hall–Kier alpha value is -3.01. The molecule has 1 amide bonds. The molecule has 0 radical (unpaired) electrons. The molecule has 1 aliphatic heterocycles. The molecule has 2 aromatic heterocycles. The maximum atomic E-state index is 14.4. The summed E-state index contributed by atoms with van der Waals surface area (Å²) in [5.74, 6) is -1.68. The number of carbonyl (C=O) groups excluding carboxylic acids is 1. The van der Waals surface area contributed by atoms with Crippen molar-refractivity contribution >= 4 is 27.1 Å². The highest BCUT2D eigenvalue weighted by Gasteiger charge is 2.33. The van der Waals surface area contributed by atoms with Gasteiger partial charge in [-0.25, -0.2) is 26.4 Å². The number of nitrogens with zero attached hydrogens (tertiary/aromatic N) is 3. The van der Waals surface area contributed by atoms with Crippen LogP contribution in [-0.4, -0.2) is 35.7 Å². The minimum Gasteiger partial charge on any atom is -0.364 e. The van der Waals surface area contributed by atoms with Crippen LogP contribution < -0.4 is 9.62 Å². The highest BCUT2D eigenvalue weighted by molar-refractivity contribution is 7.90. The fraction of sp³-hybridized carbons (Fsp3) is 0.364. The number of halogens is 2. The van der Waals surface area contributed by atoms with Gasteiger partial charge in [-0.15, -0.1) is 0 Å². The van der Waals surface area contributed by atoms with Gasteiger partial charge in [-0.3, -0.25) is 4.79 Å². The van der Waals surface area contributed by atoms with E-state index in [9.17, 15) is 22.0 Å². The van der Waals surface area contributed by atoms with Crippen molar-refractivity contribution in [3.05, 3.63) is 65.5 Å². The Labute approximate surface area is 184 Å². The van der Waals surface area contributed by atoms with Crippen molar-refractivity contribution in [2.75, 3.05) is 11.4 Å². The molecule has 2 aliphatic rings. The van der Waals surface area contributed by atoms with E-state index in [-0.39, 0.29) is 11.6 Å². The fourth-order valence-electron chi connectivity index (χ4n) is 4.44. The molecule has 5 rings (SSSR count). The molecule has 0 spiro atoms. The summed E-state index contributed by atoms with van der Waals surface area (Å²) in [5, 5.41) is 3.62. The number of hydrogen-bond acceptors (Lipinski definition) is 5. The first-order valence-electron chi connectivity index (χ1n) is 10.6. The van der Waals surface area contributed by atoms with Crippen molar-refractivity contribution in [2.24, 2.45) is 0 Å². The molecule has 10 heteroatoms. The first-order valence-corrected chi connectivity index (χ1v) is 12.1. The molecule has 0 unspecified atom stereocenters. The van der Waals surface area contributed by atoms with Gasteiger partial charge in [0.15, 0.2) is 0 Å². The zero-order valence-electron chi connectivity index (χ0n) is 17.2. The van der Waals surface area contributed by atoms with E-state index < -0.39 is 32.8 Å². The average Bonchev–Trinajstić information content (AvgIpc) is 3.34. The standard InChI is InChI=1S/C22H22F2N4O3S/c23-14-6-7-19(24)17(11-14)20-5-2-9-27(20)15-8-10-28-21(12-15)18(13-25-28)22(29)26-32(30,31)16-3-1-4-16/h6-8,10-13,16,20H,1-5,9H2,(H,26,29)/t20-/m1/s1. The number of aromatic nitrogens is 2. The summed E-state index contributed by atoms with van der Waals surface area (Å²) < 4.78 is 56.6. The zero-order valence-corrected chi connectivity index (χ0v) is 18.0. The maximum Gasteiger partial charge on any atom is 0.268 e. The molecule has 0 bridgehead atoms. The second kappa shape index (κ2) is 7.84. The lowest BCUT2D eigenvalue weighted by molar-refractivity contribution is 0.0982. The van der Waals surface area contributed by atoms with E-state index in [1.165, 1.54) is 16.8 Å². The van der Waals surface area contributed by atoms with Crippen molar-refractivity contribution in [3.8, 4) is 0 Å². The van der Waals surface area contributed by atoms with Gasteiger partial charge in [-0.1, -0.05) is 6.42 Å². The Kier molecular flexibility index (Phi) is 5.11. The van der Waals surface area contributed by atoms with E-state index in [0.29, 0.717) is 36.9 Å². The van der Waals surface area contributed by atoms with E-state index in [4.69, 9.17) is 0 Å². The Balaban J connectivity index is 1.47. The van der Waals surface area contributed by atoms with Crippen molar-refractivity contribution in [2.45, 2.75) is 43.4 Å². The molecule has 168 valence electrons. The minimum atomic E-state index is -3.72. The van der Waals surface area contributed by atoms with Crippen LogP contribution in [-0.2, 0) is 10.0 Å². The topological polar surface area (TPSA) is 83.8 Å². The molecule has 1 aliphatic carbocycles. The molecule has 3 aromatic rings. The molecular formula is C22H22F2N4O3S. The van der Waals surface area contributed by atoms with Gasteiger partial charge in [0.1, 0.15) is 11.6 Å². The van der Waals surface area contributed by atoms with Crippen molar-refractivity contribution in [3.63, 3.8) is 0 Å². The van der Waals surface area contributed by atoms with Gasteiger partial charge in [-0.05, 0) is 56.0 Å². The van der Waals surface area contributed by atoms with E-state index in [0.717, 1.165) is 30.7 Å². The van der Waals surface area contributed by atoms with Gasteiger partial charge in [0.05, 0.1) is 28.6 Å². The van der Waals surface area contributed by atoms with Gasteiger partial charge in [0.2, 0.25) is 10.0 Å². The van der Waals surface area contributed by atoms with E-state index in [1.807, 2.05) is 4.90 Å². The van der Waals surface area contributed by atoms with Crippen LogP contribution in [0.25, 0.3) is 5.52 Å². The van der Waals surface area contributed by atoms with Crippen LogP contribution in [0, 0.1) is 11.6 Å². The first kappa shape index (κ1) is 20.9. The lowest BCUT2D eigenvalue weighted by atomic mass is 10.0. The van der Waals surface area contributed by atoms with E-state index >= 15 is 0 Å². The lowest BCUT2D eigenvalue weighted by Crippen LogP contribution is -2.41. The molecule has 3 heterocycles. The Bertz CT molecular complexity index is 1300. The molecular weight excluding hydrogens is 438 g/mol. The summed E-state index contributed by atoms with van der Waals surface area (Å²) in [4.78, 5) is 14.7. The third-order valence-electron chi connectivity index (χ3n) is 6.38. The van der Waals surface area contributed by atoms with Gasteiger partial charge in [-0.2, -0.15) is 5.10 Å². The number of hydrogen-bond donors (Lipinski definition) is 1. The van der Waals surface area contributed by atoms with Gasteiger partial charge < -0.3 is 4.90 Å². The van der Waals surface area contributed by atoms with Crippen LogP contribution in [0.15, 0.2) is 42.7 Å². The number of benzene rings is 1. The SMILES string of the molecule is O=C(NS(=O)(=O)C1CCC1)c1cnn2ccc(N3CCC[C@@H]3c3cc(F)ccc3F)cc12. The minimum absolute atomic E-state index is 0.141. The number of fused-ring (bicyclic) bond motifs is 1. The number of amides is 1. The van der Waals surface area contributed by atoms with Crippen LogP contribution >= 0.6 is 0 Å². The number of rotatable bonds is 5. The molecule has 2 fully saturated rings. The average molecular weight is 461 g/mol. The monoisotopic (exact) mass is 460 g/mol. The summed E-state index contributed by atoms with van der Waals surface area (Å²) in [6.07, 6.45) is 6.40. The predicted molar refractivity (Wildman–Crippen MR) is 115 cm³/mol. The van der Waals surface area contributed by atoms with Crippen LogP contribution in [0.5, 0.6) is 0 Å². The van der Waals surface area contributed by atoms with Gasteiger partial charge >= 0.3 is 0 Å². The van der Waals surface area contributed by atoms with Gasteiger partial charge in [0, 0.05) is 24.0 Å². The summed E-state index contributed by atoms with van der Waals surface area (Å²) in [6.45, 7) is 0.641. The number of sulfonamides is 1. The van der Waals surface area contributed by atoms with Gasteiger partial charge in [0.25, 0.3) is 5.91 Å². The molecule has 1 saturated carbocycles. The molecule has 7 nitrogen and oxygen atoms in total. The van der Waals surface area contributed by atoms with Crippen LogP contribution in [0.4, 0.5) is 14.5 Å². The summed E-state index contributed by atoms with van der Waals surface area (Å²) in [6, 6.07) is 6.63. The molecule has 32 heavy (non-hydrogen) atoms. The number of anilines is 1. The Morgan fingerprint density at radius 1 is 1.09 bits per heavy atom. The third-order valence-corrected chi connectivity index (χ3v) is 8.20. The quantitative estimate of drug-likeness (QED) is 0.630. The number of pyridine rings is 1. The summed E-state index contributed by atoms with van der Waals surface area (Å²) in [7, 11) is -3.72. The van der Waals surface area contributed by atoms with Crippen LogP contribution in [0.2, 0.25) is 0 Å². The van der Waals surface area contributed by atoms with E-state index in [1.54, 1.807) is 18.3 Å². The van der Waals surface area contributed by atoms with Crippen LogP contribution in [0.1, 0.15) is 54.1 Å². The number of nitrogens with one attached hydrogen (secondary N) is 1. The lowest BCUT2D eigenvalue weighted by Gasteiger charge is -2.27. The largest absolute Gasteiger partial charge is 0.364 e. The van der Waals surface area contributed by atoms with Crippen molar-refractivity contribution in [1.82, 2.24) is 14.3 Å². The highest BCUT2D eigenvalue weighted by Crippen LogP contribution is 2.38. The van der Waals surface area contributed by atoms with E-state index in [2.05, 4.69) is 9.82 Å². The normalized spacial score (nSPS) is 19.3. The number of carbonyl (C=O) groups is 1.